The molecule has 0 aliphatic carbocycles. The molecule has 1 N–H and O–H groups in total. The van der Waals surface area contributed by atoms with Crippen LogP contribution in [0, 0.1) is 5.82 Å². The number of carbonyl (C=O) groups excluding carboxylic acids is 1. The van der Waals surface area contributed by atoms with Crippen LogP contribution < -0.4 is 5.32 Å². The summed E-state index contributed by atoms with van der Waals surface area (Å²) < 4.78 is 13.2. The number of urea groups is 1. The summed E-state index contributed by atoms with van der Waals surface area (Å²) in [6.45, 7) is 5.35. The highest BCUT2D eigenvalue weighted by Gasteiger charge is 2.09. The molecule has 0 atom stereocenters. The highest BCUT2D eigenvalue weighted by Crippen LogP contribution is 2.05. The number of carbonyl (C=O) groups is 1. The molecule has 0 radical (unpaired) electrons. The Balaban J connectivity index is 2.52. The number of hydrogen-bond donors (Lipinski definition) is 1. The zero-order valence-electron chi connectivity index (χ0n) is 9.66. The second-order valence-corrected chi connectivity index (χ2v) is 3.42. The smallest absolute Gasteiger partial charge is 0.317 e. The fourth-order valence-corrected chi connectivity index (χ4v) is 1.44. The van der Waals surface area contributed by atoms with E-state index in [2.05, 4.69) is 5.32 Å². The topological polar surface area (TPSA) is 32.3 Å². The largest absolute Gasteiger partial charge is 0.334 e. The predicted molar refractivity (Wildman–Crippen MR) is 61.6 cm³/mol. The van der Waals surface area contributed by atoms with Gasteiger partial charge in [0.1, 0.15) is 5.82 Å². The molecule has 0 heterocycles. The van der Waals surface area contributed by atoms with E-state index in [1.165, 1.54) is 6.07 Å². The Kier molecular flexibility index (Phi) is 4.76. The lowest BCUT2D eigenvalue weighted by Gasteiger charge is -2.19. The van der Waals surface area contributed by atoms with E-state index >= 15 is 0 Å². The van der Waals surface area contributed by atoms with Crippen molar-refractivity contribution in [3.05, 3.63) is 35.6 Å². The van der Waals surface area contributed by atoms with Gasteiger partial charge in [0.05, 0.1) is 0 Å². The predicted octanol–water partition coefficient (Wildman–Crippen LogP) is 2.38. The van der Waals surface area contributed by atoms with E-state index in [4.69, 9.17) is 0 Å². The molecular formula is C12H17FN2O. The van der Waals surface area contributed by atoms with E-state index < -0.39 is 0 Å². The summed E-state index contributed by atoms with van der Waals surface area (Å²) in [5.41, 5.74) is 0.503. The van der Waals surface area contributed by atoms with Crippen LogP contribution in [-0.4, -0.2) is 24.0 Å². The van der Waals surface area contributed by atoms with E-state index in [0.717, 1.165) is 0 Å². The molecule has 1 aromatic carbocycles. The van der Waals surface area contributed by atoms with Gasteiger partial charge in [-0.1, -0.05) is 18.2 Å². The molecule has 0 unspecified atom stereocenters. The summed E-state index contributed by atoms with van der Waals surface area (Å²) in [5, 5.41) is 2.69. The van der Waals surface area contributed by atoms with Crippen LogP contribution in [0.15, 0.2) is 24.3 Å². The van der Waals surface area contributed by atoms with Gasteiger partial charge in [-0.2, -0.15) is 0 Å². The maximum atomic E-state index is 13.2. The fraction of sp³-hybridized carbons (Fsp3) is 0.417. The normalized spacial score (nSPS) is 9.94. The maximum Gasteiger partial charge on any atom is 0.317 e. The molecular weight excluding hydrogens is 207 g/mol. The van der Waals surface area contributed by atoms with Crippen molar-refractivity contribution >= 4 is 6.03 Å². The van der Waals surface area contributed by atoms with Crippen LogP contribution in [0.1, 0.15) is 19.4 Å². The van der Waals surface area contributed by atoms with Gasteiger partial charge < -0.3 is 10.2 Å². The monoisotopic (exact) mass is 224 g/mol. The number of nitrogens with zero attached hydrogens (tertiary/aromatic N) is 1. The lowest BCUT2D eigenvalue weighted by molar-refractivity contribution is 0.202. The lowest BCUT2D eigenvalue weighted by atomic mass is 10.2. The number of benzene rings is 1. The molecule has 0 aliphatic rings. The third kappa shape index (κ3) is 3.22. The summed E-state index contributed by atoms with van der Waals surface area (Å²) in [6, 6.07) is 6.28. The molecule has 4 heteroatoms. The molecule has 16 heavy (non-hydrogen) atoms. The Morgan fingerprint density at radius 2 is 1.94 bits per heavy atom. The highest BCUT2D eigenvalue weighted by atomic mass is 19.1. The van der Waals surface area contributed by atoms with Gasteiger partial charge >= 0.3 is 6.03 Å². The number of hydrogen-bond acceptors (Lipinski definition) is 1. The first-order chi connectivity index (χ1) is 7.69. The van der Waals surface area contributed by atoms with Crippen molar-refractivity contribution in [1.82, 2.24) is 10.2 Å². The zero-order valence-corrected chi connectivity index (χ0v) is 9.66. The van der Waals surface area contributed by atoms with Crippen LogP contribution in [0.2, 0.25) is 0 Å². The number of halogens is 1. The summed E-state index contributed by atoms with van der Waals surface area (Å²) in [4.78, 5) is 13.2. The number of rotatable bonds is 4. The van der Waals surface area contributed by atoms with Gasteiger partial charge in [0, 0.05) is 25.2 Å². The van der Waals surface area contributed by atoms with Crippen molar-refractivity contribution in [1.29, 1.82) is 0 Å². The van der Waals surface area contributed by atoms with Crippen molar-refractivity contribution in [2.75, 3.05) is 13.1 Å². The molecule has 3 nitrogen and oxygen atoms in total. The molecule has 0 spiro atoms. The SMILES string of the molecule is CCN(CC)C(=O)NCc1ccccc1F. The Hall–Kier alpha value is -1.58. The average Bonchev–Trinajstić information content (AvgIpc) is 2.29. The molecule has 0 saturated heterocycles. The molecule has 0 aliphatic heterocycles. The Bertz CT molecular complexity index is 351. The zero-order chi connectivity index (χ0) is 12.0. The standard InChI is InChI=1S/C12H17FN2O/c1-3-15(4-2)12(16)14-9-10-7-5-6-8-11(10)13/h5-8H,3-4,9H2,1-2H3,(H,14,16). The number of nitrogens with one attached hydrogen (secondary N) is 1. The number of amides is 2. The molecule has 0 saturated carbocycles. The summed E-state index contributed by atoms with van der Waals surface area (Å²) in [5.74, 6) is -0.289. The minimum atomic E-state index is -0.289. The van der Waals surface area contributed by atoms with Crippen molar-refractivity contribution < 1.29 is 9.18 Å². The van der Waals surface area contributed by atoms with Crippen LogP contribution >= 0.6 is 0 Å². The van der Waals surface area contributed by atoms with E-state index in [-0.39, 0.29) is 18.4 Å². The van der Waals surface area contributed by atoms with Crippen LogP contribution in [0.25, 0.3) is 0 Å². The van der Waals surface area contributed by atoms with E-state index in [1.807, 2.05) is 13.8 Å². The van der Waals surface area contributed by atoms with Gasteiger partial charge in [-0.15, -0.1) is 0 Å². The van der Waals surface area contributed by atoms with Crippen molar-refractivity contribution in [2.45, 2.75) is 20.4 Å². The van der Waals surface area contributed by atoms with E-state index in [0.29, 0.717) is 18.7 Å². The first-order valence-corrected chi connectivity index (χ1v) is 5.45. The Morgan fingerprint density at radius 3 is 2.50 bits per heavy atom. The summed E-state index contributed by atoms with van der Waals surface area (Å²) in [6.07, 6.45) is 0. The van der Waals surface area contributed by atoms with E-state index in [1.54, 1.807) is 23.1 Å². The van der Waals surface area contributed by atoms with Gasteiger partial charge in [-0.3, -0.25) is 0 Å². The van der Waals surface area contributed by atoms with Crippen molar-refractivity contribution in [2.24, 2.45) is 0 Å². The van der Waals surface area contributed by atoms with Gasteiger partial charge in [0.15, 0.2) is 0 Å². The van der Waals surface area contributed by atoms with Crippen LogP contribution in [0.5, 0.6) is 0 Å². The quantitative estimate of drug-likeness (QED) is 0.836. The Labute approximate surface area is 95.3 Å². The van der Waals surface area contributed by atoms with Crippen LogP contribution in [0.3, 0.4) is 0 Å². The second kappa shape index (κ2) is 6.10. The maximum absolute atomic E-state index is 13.2. The average molecular weight is 224 g/mol. The van der Waals surface area contributed by atoms with Gasteiger partial charge in [0.2, 0.25) is 0 Å². The van der Waals surface area contributed by atoms with Gasteiger partial charge in [-0.05, 0) is 19.9 Å². The molecule has 0 bridgehead atoms. The highest BCUT2D eigenvalue weighted by molar-refractivity contribution is 5.74. The third-order valence-electron chi connectivity index (χ3n) is 2.44. The summed E-state index contributed by atoms with van der Waals surface area (Å²) >= 11 is 0. The summed E-state index contributed by atoms with van der Waals surface area (Å²) in [7, 11) is 0. The van der Waals surface area contributed by atoms with Gasteiger partial charge in [0.25, 0.3) is 0 Å². The molecule has 1 rings (SSSR count). The second-order valence-electron chi connectivity index (χ2n) is 3.42. The van der Waals surface area contributed by atoms with Crippen molar-refractivity contribution in [3.63, 3.8) is 0 Å². The van der Waals surface area contributed by atoms with Crippen molar-refractivity contribution in [3.8, 4) is 0 Å². The van der Waals surface area contributed by atoms with Gasteiger partial charge in [-0.25, -0.2) is 9.18 Å². The first-order valence-electron chi connectivity index (χ1n) is 5.45. The minimum Gasteiger partial charge on any atom is -0.334 e. The molecule has 0 fully saturated rings. The lowest BCUT2D eigenvalue weighted by Crippen LogP contribution is -2.39. The molecule has 88 valence electrons. The fourth-order valence-electron chi connectivity index (χ4n) is 1.44. The molecule has 0 aromatic heterocycles. The minimum absolute atomic E-state index is 0.159. The molecule has 2 amide bonds. The third-order valence-corrected chi connectivity index (χ3v) is 2.44. The first kappa shape index (κ1) is 12.5. The van der Waals surface area contributed by atoms with Crippen LogP contribution in [-0.2, 0) is 6.54 Å². The van der Waals surface area contributed by atoms with E-state index in [9.17, 15) is 9.18 Å². The Morgan fingerprint density at radius 1 is 1.31 bits per heavy atom. The molecule has 1 aromatic rings. The van der Waals surface area contributed by atoms with Crippen LogP contribution in [0.4, 0.5) is 9.18 Å².